The summed E-state index contributed by atoms with van der Waals surface area (Å²) in [6.07, 6.45) is 0.761. The van der Waals surface area contributed by atoms with Gasteiger partial charge in [-0.25, -0.2) is 0 Å². The minimum absolute atomic E-state index is 0.0225. The zero-order valence-corrected chi connectivity index (χ0v) is 16.0. The topological polar surface area (TPSA) is 38.3 Å². The van der Waals surface area contributed by atoms with Crippen molar-refractivity contribution in [2.45, 2.75) is 55.9 Å². The van der Waals surface area contributed by atoms with Crippen LogP contribution in [0.1, 0.15) is 44.4 Å². The van der Waals surface area contributed by atoms with Gasteiger partial charge in [0.15, 0.2) is 0 Å². The Labute approximate surface area is 154 Å². The van der Waals surface area contributed by atoms with E-state index in [0.717, 1.165) is 28.2 Å². The van der Waals surface area contributed by atoms with Crippen molar-refractivity contribution in [1.29, 1.82) is 0 Å². The Morgan fingerprint density at radius 1 is 1.24 bits per heavy atom. The molecule has 0 saturated carbocycles. The molecule has 3 nitrogen and oxygen atoms in total. The first-order chi connectivity index (χ1) is 11.8. The molecule has 1 amide bonds. The Balaban J connectivity index is 1.74. The van der Waals surface area contributed by atoms with Gasteiger partial charge in [-0.15, -0.1) is 11.8 Å². The van der Waals surface area contributed by atoms with Gasteiger partial charge in [0.2, 0.25) is 5.91 Å². The molecular weight excluding hydrogens is 330 g/mol. The quantitative estimate of drug-likeness (QED) is 0.793. The van der Waals surface area contributed by atoms with Crippen LogP contribution in [0.3, 0.4) is 0 Å². The van der Waals surface area contributed by atoms with Gasteiger partial charge in [-0.1, -0.05) is 30.3 Å². The van der Waals surface area contributed by atoms with E-state index in [0.29, 0.717) is 0 Å². The zero-order valence-electron chi connectivity index (χ0n) is 15.2. The molecule has 3 rings (SSSR count). The Hall–Kier alpha value is -1.94. The summed E-state index contributed by atoms with van der Waals surface area (Å²) >= 11 is 1.58. The number of carbonyl (C=O) groups excluding carboxylic acids is 1. The van der Waals surface area contributed by atoms with Crippen molar-refractivity contribution in [1.82, 2.24) is 5.32 Å². The van der Waals surface area contributed by atoms with Gasteiger partial charge >= 0.3 is 0 Å². The van der Waals surface area contributed by atoms with Gasteiger partial charge in [-0.3, -0.25) is 4.79 Å². The molecule has 1 aliphatic rings. The van der Waals surface area contributed by atoms with Crippen molar-refractivity contribution in [2.75, 3.05) is 0 Å². The summed E-state index contributed by atoms with van der Waals surface area (Å²) in [6.45, 7) is 8.14. The number of hydrogen-bond acceptors (Lipinski definition) is 3. The number of hydrogen-bond donors (Lipinski definition) is 1. The van der Waals surface area contributed by atoms with Crippen LogP contribution >= 0.6 is 11.8 Å². The van der Waals surface area contributed by atoms with Crippen LogP contribution in [0.15, 0.2) is 53.4 Å². The van der Waals surface area contributed by atoms with Crippen LogP contribution in [-0.4, -0.2) is 16.8 Å². The monoisotopic (exact) mass is 355 g/mol. The molecular formula is C21H25NO2S. The van der Waals surface area contributed by atoms with E-state index in [1.807, 2.05) is 37.3 Å². The van der Waals surface area contributed by atoms with Crippen molar-refractivity contribution in [2.24, 2.45) is 0 Å². The van der Waals surface area contributed by atoms with Crippen LogP contribution in [0.5, 0.6) is 5.75 Å². The molecule has 0 aromatic heterocycles. The van der Waals surface area contributed by atoms with E-state index in [1.165, 1.54) is 0 Å². The van der Waals surface area contributed by atoms with Gasteiger partial charge < -0.3 is 10.1 Å². The first-order valence-corrected chi connectivity index (χ1v) is 9.54. The third-order valence-electron chi connectivity index (χ3n) is 4.37. The van der Waals surface area contributed by atoms with Crippen LogP contribution in [0.2, 0.25) is 0 Å². The lowest BCUT2D eigenvalue weighted by atomic mass is 9.89. The molecule has 2 atom stereocenters. The maximum absolute atomic E-state index is 12.7. The smallest absolute Gasteiger partial charge is 0.233 e. The molecule has 25 heavy (non-hydrogen) atoms. The molecule has 0 saturated heterocycles. The van der Waals surface area contributed by atoms with E-state index < -0.39 is 0 Å². The van der Waals surface area contributed by atoms with E-state index in [4.69, 9.17) is 4.74 Å². The van der Waals surface area contributed by atoms with Crippen molar-refractivity contribution in [3.63, 3.8) is 0 Å². The van der Waals surface area contributed by atoms with Gasteiger partial charge in [-0.2, -0.15) is 0 Å². The second kappa shape index (κ2) is 7.12. The van der Waals surface area contributed by atoms with Crippen molar-refractivity contribution < 1.29 is 9.53 Å². The van der Waals surface area contributed by atoms with Gasteiger partial charge in [0, 0.05) is 16.9 Å². The number of carbonyl (C=O) groups is 1. The van der Waals surface area contributed by atoms with Crippen LogP contribution in [-0.2, 0) is 4.79 Å². The summed E-state index contributed by atoms with van der Waals surface area (Å²) in [5.41, 5.74) is 1.93. The van der Waals surface area contributed by atoms with Crippen molar-refractivity contribution >= 4 is 17.7 Å². The molecule has 1 aliphatic heterocycles. The summed E-state index contributed by atoms with van der Waals surface area (Å²) in [4.78, 5) is 13.8. The highest BCUT2D eigenvalue weighted by Gasteiger charge is 2.35. The summed E-state index contributed by atoms with van der Waals surface area (Å²) in [5, 5.41) is 3.08. The Bertz CT molecular complexity index is 758. The zero-order chi connectivity index (χ0) is 18.0. The summed E-state index contributed by atoms with van der Waals surface area (Å²) in [7, 11) is 0. The number of aryl methyl sites for hydroxylation is 1. The van der Waals surface area contributed by atoms with Crippen LogP contribution in [0.4, 0.5) is 0 Å². The minimum Gasteiger partial charge on any atom is -0.487 e. The molecule has 0 spiro atoms. The highest BCUT2D eigenvalue weighted by Crippen LogP contribution is 2.40. The number of nitrogens with one attached hydrogen (secondary N) is 1. The number of rotatable bonds is 4. The van der Waals surface area contributed by atoms with Crippen LogP contribution < -0.4 is 10.1 Å². The summed E-state index contributed by atoms with van der Waals surface area (Å²) in [5.74, 6) is 0.938. The number of thioether (sulfide) groups is 1. The first-order valence-electron chi connectivity index (χ1n) is 8.66. The lowest BCUT2D eigenvalue weighted by Gasteiger charge is -2.38. The lowest BCUT2D eigenvalue weighted by molar-refractivity contribution is -0.121. The lowest BCUT2D eigenvalue weighted by Crippen LogP contribution is -2.43. The molecule has 1 N–H and O–H groups in total. The molecule has 1 heterocycles. The third-order valence-corrected chi connectivity index (χ3v) is 5.48. The molecule has 0 radical (unpaired) electrons. The minimum atomic E-state index is -0.297. The predicted octanol–water partition coefficient (Wildman–Crippen LogP) is 4.89. The molecule has 4 heteroatoms. The average molecular weight is 356 g/mol. The van der Waals surface area contributed by atoms with E-state index >= 15 is 0 Å². The van der Waals surface area contributed by atoms with Gasteiger partial charge in [-0.05, 0) is 51.5 Å². The fourth-order valence-corrected chi connectivity index (χ4v) is 4.03. The molecule has 0 aliphatic carbocycles. The van der Waals surface area contributed by atoms with E-state index in [-0.39, 0.29) is 22.8 Å². The normalized spacial score (nSPS) is 19.4. The van der Waals surface area contributed by atoms with E-state index in [1.54, 1.807) is 11.8 Å². The highest BCUT2D eigenvalue weighted by atomic mass is 32.2. The molecule has 2 aromatic carbocycles. The molecule has 0 fully saturated rings. The van der Waals surface area contributed by atoms with E-state index in [9.17, 15) is 4.79 Å². The second-order valence-corrected chi connectivity index (χ2v) is 8.66. The summed E-state index contributed by atoms with van der Waals surface area (Å²) in [6, 6.07) is 16.2. The Morgan fingerprint density at radius 3 is 2.68 bits per heavy atom. The van der Waals surface area contributed by atoms with Crippen LogP contribution in [0.25, 0.3) is 0 Å². The average Bonchev–Trinajstić information content (AvgIpc) is 2.54. The third kappa shape index (κ3) is 4.37. The number of ether oxygens (including phenoxy) is 1. The molecule has 2 aromatic rings. The summed E-state index contributed by atoms with van der Waals surface area (Å²) < 4.78 is 6.11. The Kier molecular flexibility index (Phi) is 5.09. The van der Waals surface area contributed by atoms with Crippen molar-refractivity contribution in [3.05, 3.63) is 59.7 Å². The number of benzene rings is 2. The fourth-order valence-electron chi connectivity index (χ4n) is 3.13. The Morgan fingerprint density at radius 2 is 1.96 bits per heavy atom. The largest absolute Gasteiger partial charge is 0.487 e. The predicted molar refractivity (Wildman–Crippen MR) is 103 cm³/mol. The SMILES string of the molecule is Cc1ccc2c(c1)OC(C)(C)C[C@H]2NC(=O)[C@H](C)Sc1ccccc1. The highest BCUT2D eigenvalue weighted by molar-refractivity contribution is 8.00. The standard InChI is InChI=1S/C21H25NO2S/c1-14-10-11-17-18(13-21(3,4)24-19(17)12-14)22-20(23)15(2)25-16-8-6-5-7-9-16/h5-12,15,18H,13H2,1-4H3,(H,22,23)/t15-,18+/m0/s1. The van der Waals surface area contributed by atoms with Crippen molar-refractivity contribution in [3.8, 4) is 5.75 Å². The molecule has 0 bridgehead atoms. The maximum Gasteiger partial charge on any atom is 0.233 e. The first kappa shape index (κ1) is 17.9. The van der Waals surface area contributed by atoms with Gasteiger partial charge in [0.05, 0.1) is 11.3 Å². The molecule has 132 valence electrons. The van der Waals surface area contributed by atoms with E-state index in [2.05, 4.69) is 44.3 Å². The van der Waals surface area contributed by atoms with Crippen LogP contribution in [0, 0.1) is 6.92 Å². The number of amides is 1. The van der Waals surface area contributed by atoms with Gasteiger partial charge in [0.25, 0.3) is 0 Å². The van der Waals surface area contributed by atoms with Gasteiger partial charge in [0.1, 0.15) is 11.4 Å². The maximum atomic E-state index is 12.7. The molecule has 0 unspecified atom stereocenters. The second-order valence-electron chi connectivity index (χ2n) is 7.24. The number of fused-ring (bicyclic) bond motifs is 1. The fraction of sp³-hybridized carbons (Fsp3) is 0.381.